The summed E-state index contributed by atoms with van der Waals surface area (Å²) in [6.07, 6.45) is 0. The molecule has 0 bridgehead atoms. The van der Waals surface area contributed by atoms with Crippen LogP contribution in [-0.2, 0) is 20.5 Å². The van der Waals surface area contributed by atoms with Crippen molar-refractivity contribution < 1.29 is 13.2 Å². The maximum atomic E-state index is 11.9. The van der Waals surface area contributed by atoms with Crippen molar-refractivity contribution in [1.29, 1.82) is 0 Å². The summed E-state index contributed by atoms with van der Waals surface area (Å²) in [4.78, 5) is 0. The molecular formula is C11H16BrNO3S. The molecular weight excluding hydrogens is 306 g/mol. The van der Waals surface area contributed by atoms with E-state index in [-0.39, 0.29) is 11.8 Å². The van der Waals surface area contributed by atoms with Crippen LogP contribution in [0.5, 0.6) is 0 Å². The van der Waals surface area contributed by atoms with Gasteiger partial charge in [0.25, 0.3) is 0 Å². The standard InChI is InChI=1S/C11H16BrNO3S/c1-16-8-11(7-12)13-17(14,15)9-10-5-3-2-4-6-10/h2-6,11,13H,7-9H2,1H3. The Bertz CT molecular complexity index is 422. The van der Waals surface area contributed by atoms with Gasteiger partial charge in [0, 0.05) is 12.4 Å². The van der Waals surface area contributed by atoms with Crippen LogP contribution in [0.4, 0.5) is 0 Å². The Morgan fingerprint density at radius 1 is 1.35 bits per heavy atom. The average molecular weight is 322 g/mol. The van der Waals surface area contributed by atoms with Gasteiger partial charge in [-0.05, 0) is 5.56 Å². The summed E-state index contributed by atoms with van der Waals surface area (Å²) in [5, 5.41) is 0.523. The van der Waals surface area contributed by atoms with Crippen molar-refractivity contribution in [2.75, 3.05) is 19.0 Å². The minimum Gasteiger partial charge on any atom is -0.383 e. The second kappa shape index (κ2) is 7.10. The van der Waals surface area contributed by atoms with E-state index in [0.717, 1.165) is 5.56 Å². The van der Waals surface area contributed by atoms with E-state index < -0.39 is 10.0 Å². The number of hydrogen-bond donors (Lipinski definition) is 1. The first-order valence-corrected chi connectivity index (χ1v) is 7.93. The Balaban J connectivity index is 2.63. The highest BCUT2D eigenvalue weighted by Crippen LogP contribution is 2.05. The van der Waals surface area contributed by atoms with Crippen LogP contribution in [0.25, 0.3) is 0 Å². The highest BCUT2D eigenvalue weighted by molar-refractivity contribution is 9.09. The van der Waals surface area contributed by atoms with Crippen molar-refractivity contribution in [3.63, 3.8) is 0 Å². The molecule has 0 amide bonds. The molecule has 0 aliphatic rings. The van der Waals surface area contributed by atoms with E-state index in [9.17, 15) is 8.42 Å². The van der Waals surface area contributed by atoms with Crippen molar-refractivity contribution >= 4 is 26.0 Å². The lowest BCUT2D eigenvalue weighted by atomic mass is 10.2. The quantitative estimate of drug-likeness (QED) is 0.775. The zero-order valence-electron chi connectivity index (χ0n) is 9.60. The first-order valence-electron chi connectivity index (χ1n) is 5.16. The Morgan fingerprint density at radius 3 is 2.53 bits per heavy atom. The van der Waals surface area contributed by atoms with Crippen molar-refractivity contribution in [3.8, 4) is 0 Å². The SMILES string of the molecule is COCC(CBr)NS(=O)(=O)Cc1ccccc1. The Hall–Kier alpha value is -0.430. The van der Waals surface area contributed by atoms with E-state index >= 15 is 0 Å². The van der Waals surface area contributed by atoms with Gasteiger partial charge < -0.3 is 4.74 Å². The summed E-state index contributed by atoms with van der Waals surface area (Å²) >= 11 is 3.25. The van der Waals surface area contributed by atoms with E-state index in [1.165, 1.54) is 0 Å². The predicted molar refractivity (Wildman–Crippen MR) is 71.7 cm³/mol. The van der Waals surface area contributed by atoms with Crippen molar-refractivity contribution in [2.45, 2.75) is 11.8 Å². The summed E-state index contributed by atoms with van der Waals surface area (Å²) in [5.74, 6) is -0.0128. The van der Waals surface area contributed by atoms with Gasteiger partial charge in [-0.2, -0.15) is 0 Å². The zero-order valence-corrected chi connectivity index (χ0v) is 12.0. The molecule has 6 heteroatoms. The third kappa shape index (κ3) is 5.63. The Labute approximate surface area is 111 Å². The first-order chi connectivity index (χ1) is 8.07. The summed E-state index contributed by atoms with van der Waals surface area (Å²) in [6, 6.07) is 8.84. The van der Waals surface area contributed by atoms with Crippen molar-refractivity contribution in [3.05, 3.63) is 35.9 Å². The summed E-state index contributed by atoms with van der Waals surface area (Å²) in [6.45, 7) is 0.346. The minimum absolute atomic E-state index is 0.0128. The normalized spacial score (nSPS) is 13.5. The number of halogens is 1. The molecule has 96 valence electrons. The highest BCUT2D eigenvalue weighted by Gasteiger charge is 2.17. The molecule has 1 N–H and O–H groups in total. The van der Waals surface area contributed by atoms with Gasteiger partial charge >= 0.3 is 0 Å². The number of ether oxygens (including phenoxy) is 1. The zero-order chi connectivity index (χ0) is 12.7. The molecule has 0 aliphatic carbocycles. The fraction of sp³-hybridized carbons (Fsp3) is 0.455. The third-order valence-corrected chi connectivity index (χ3v) is 4.29. The van der Waals surface area contributed by atoms with Gasteiger partial charge in [-0.15, -0.1) is 0 Å². The van der Waals surface area contributed by atoms with E-state index in [4.69, 9.17) is 4.74 Å². The number of rotatable bonds is 7. The van der Waals surface area contributed by atoms with Gasteiger partial charge in [0.1, 0.15) is 0 Å². The number of nitrogens with one attached hydrogen (secondary N) is 1. The molecule has 0 spiro atoms. The van der Waals surface area contributed by atoms with Crippen LogP contribution in [0, 0.1) is 0 Å². The Morgan fingerprint density at radius 2 is 2.00 bits per heavy atom. The summed E-state index contributed by atoms with van der Waals surface area (Å²) in [7, 11) is -1.79. The lowest BCUT2D eigenvalue weighted by Gasteiger charge is -2.15. The van der Waals surface area contributed by atoms with Gasteiger partial charge in [0.05, 0.1) is 18.4 Å². The van der Waals surface area contributed by atoms with Crippen LogP contribution in [-0.4, -0.2) is 33.5 Å². The second-order valence-corrected chi connectivity index (χ2v) is 6.07. The predicted octanol–water partition coefficient (Wildman–Crippen LogP) is 1.52. The first kappa shape index (κ1) is 14.6. The highest BCUT2D eigenvalue weighted by atomic mass is 79.9. The molecule has 1 aromatic carbocycles. The van der Waals surface area contributed by atoms with E-state index in [0.29, 0.717) is 11.9 Å². The molecule has 1 aromatic rings. The molecule has 0 fully saturated rings. The maximum absolute atomic E-state index is 11.9. The van der Waals surface area contributed by atoms with E-state index in [2.05, 4.69) is 20.7 Å². The lowest BCUT2D eigenvalue weighted by molar-refractivity contribution is 0.182. The van der Waals surface area contributed by atoms with E-state index in [1.54, 1.807) is 19.2 Å². The fourth-order valence-corrected chi connectivity index (χ4v) is 3.34. The van der Waals surface area contributed by atoms with E-state index in [1.807, 2.05) is 18.2 Å². The maximum Gasteiger partial charge on any atom is 0.216 e. The van der Waals surface area contributed by atoms with Crippen LogP contribution >= 0.6 is 15.9 Å². The van der Waals surface area contributed by atoms with Gasteiger partial charge in [-0.3, -0.25) is 0 Å². The topological polar surface area (TPSA) is 55.4 Å². The van der Waals surface area contributed by atoms with Gasteiger partial charge in [0.15, 0.2) is 0 Å². The number of methoxy groups -OCH3 is 1. The van der Waals surface area contributed by atoms with Crippen LogP contribution in [0.3, 0.4) is 0 Å². The number of sulfonamides is 1. The third-order valence-electron chi connectivity index (χ3n) is 2.10. The Kier molecular flexibility index (Phi) is 6.11. The van der Waals surface area contributed by atoms with Gasteiger partial charge in [-0.1, -0.05) is 46.3 Å². The summed E-state index contributed by atoms with van der Waals surface area (Å²) in [5.41, 5.74) is 0.769. The minimum atomic E-state index is -3.33. The molecule has 17 heavy (non-hydrogen) atoms. The van der Waals surface area contributed by atoms with Crippen LogP contribution < -0.4 is 4.72 Å². The molecule has 0 radical (unpaired) electrons. The molecule has 1 unspecified atom stereocenters. The molecule has 0 aliphatic heterocycles. The van der Waals surface area contributed by atoms with Crippen molar-refractivity contribution in [2.24, 2.45) is 0 Å². The average Bonchev–Trinajstić information content (AvgIpc) is 2.29. The molecule has 0 saturated heterocycles. The van der Waals surface area contributed by atoms with Gasteiger partial charge in [0.2, 0.25) is 10.0 Å². The molecule has 1 atom stereocenters. The largest absolute Gasteiger partial charge is 0.383 e. The van der Waals surface area contributed by atoms with Crippen LogP contribution in [0.15, 0.2) is 30.3 Å². The lowest BCUT2D eigenvalue weighted by Crippen LogP contribution is -2.39. The number of benzene rings is 1. The molecule has 1 rings (SSSR count). The van der Waals surface area contributed by atoms with Gasteiger partial charge in [-0.25, -0.2) is 13.1 Å². The molecule has 0 heterocycles. The van der Waals surface area contributed by atoms with Crippen molar-refractivity contribution in [1.82, 2.24) is 4.72 Å². The second-order valence-electron chi connectivity index (χ2n) is 3.67. The monoisotopic (exact) mass is 321 g/mol. The number of alkyl halides is 1. The molecule has 0 saturated carbocycles. The van der Waals surface area contributed by atoms with Crippen LogP contribution in [0.1, 0.15) is 5.56 Å². The summed E-state index contributed by atoms with van der Waals surface area (Å²) < 4.78 is 31.2. The smallest absolute Gasteiger partial charge is 0.216 e. The number of hydrogen-bond acceptors (Lipinski definition) is 3. The molecule has 0 aromatic heterocycles. The van der Waals surface area contributed by atoms with Crippen LogP contribution in [0.2, 0.25) is 0 Å². The fourth-order valence-electron chi connectivity index (χ4n) is 1.40. The molecule has 4 nitrogen and oxygen atoms in total.